The number of rotatable bonds is 6. The summed E-state index contributed by atoms with van der Waals surface area (Å²) in [6.45, 7) is 0.587. The molecule has 0 radical (unpaired) electrons. The summed E-state index contributed by atoms with van der Waals surface area (Å²) >= 11 is 1.21. The third-order valence-electron chi connectivity index (χ3n) is 3.60. The van der Waals surface area contributed by atoms with Crippen molar-refractivity contribution in [1.82, 2.24) is 10.3 Å². The van der Waals surface area contributed by atoms with Crippen molar-refractivity contribution in [3.8, 4) is 12.3 Å². The molecule has 22 heavy (non-hydrogen) atoms. The predicted molar refractivity (Wildman–Crippen MR) is 81.7 cm³/mol. The summed E-state index contributed by atoms with van der Waals surface area (Å²) in [6.07, 6.45) is 8.05. The monoisotopic (exact) mass is 317 g/mol. The second-order valence-corrected chi connectivity index (χ2v) is 6.23. The van der Waals surface area contributed by atoms with Gasteiger partial charge in [0.05, 0.1) is 5.69 Å². The van der Waals surface area contributed by atoms with Gasteiger partial charge in [-0.25, -0.2) is 4.98 Å². The zero-order chi connectivity index (χ0) is 15.6. The van der Waals surface area contributed by atoms with Crippen molar-refractivity contribution in [3.05, 3.63) is 10.6 Å². The number of hydrogen-bond acceptors (Lipinski definition) is 6. The van der Waals surface area contributed by atoms with Crippen LogP contribution in [0.5, 0.6) is 0 Å². The number of hydrogen-bond donors (Lipinski definition) is 2. The minimum atomic E-state index is -0.453. The van der Waals surface area contributed by atoms with Gasteiger partial charge in [0.2, 0.25) is 5.91 Å². The second-order valence-electron chi connectivity index (χ2n) is 5.24. The molecular formula is C14H15N5O2S. The molecule has 7 nitrogen and oxygen atoms in total. The fourth-order valence-electron chi connectivity index (χ4n) is 2.29. The molecular weight excluding hydrogens is 302 g/mol. The molecule has 0 aromatic carbocycles. The van der Waals surface area contributed by atoms with Crippen LogP contribution in [0.2, 0.25) is 0 Å². The van der Waals surface area contributed by atoms with Crippen LogP contribution >= 0.6 is 11.3 Å². The summed E-state index contributed by atoms with van der Waals surface area (Å²) in [6, 6.07) is 0. The number of anilines is 1. The lowest BCUT2D eigenvalue weighted by Crippen LogP contribution is -2.30. The van der Waals surface area contributed by atoms with Crippen LogP contribution in [0.1, 0.15) is 41.0 Å². The molecule has 2 aliphatic heterocycles. The van der Waals surface area contributed by atoms with Crippen LogP contribution in [-0.2, 0) is 11.2 Å². The van der Waals surface area contributed by atoms with Gasteiger partial charge in [0.15, 0.2) is 10.8 Å². The molecule has 0 saturated carbocycles. The Hall–Kier alpha value is -2.27. The van der Waals surface area contributed by atoms with Gasteiger partial charge in [-0.05, 0) is 0 Å². The lowest BCUT2D eigenvalue weighted by atomic mass is 10.0. The van der Waals surface area contributed by atoms with E-state index in [9.17, 15) is 9.59 Å². The fourth-order valence-corrected chi connectivity index (χ4v) is 3.23. The molecule has 2 amide bonds. The summed E-state index contributed by atoms with van der Waals surface area (Å²) in [4.78, 5) is 28.5. The van der Waals surface area contributed by atoms with Crippen molar-refractivity contribution >= 4 is 28.3 Å². The molecule has 0 unspecified atom stereocenters. The number of terminal acetylenes is 1. The van der Waals surface area contributed by atoms with Crippen molar-refractivity contribution in [3.63, 3.8) is 0 Å². The lowest BCUT2D eigenvalue weighted by molar-refractivity contribution is -0.116. The highest BCUT2D eigenvalue weighted by atomic mass is 32.1. The van der Waals surface area contributed by atoms with Crippen molar-refractivity contribution in [1.29, 1.82) is 0 Å². The quantitative estimate of drug-likeness (QED) is 0.782. The van der Waals surface area contributed by atoms with Gasteiger partial charge in [-0.15, -0.1) is 12.3 Å². The van der Waals surface area contributed by atoms with Crippen LogP contribution in [0.25, 0.3) is 0 Å². The zero-order valence-corrected chi connectivity index (χ0v) is 12.7. The number of carbonyl (C=O) groups is 2. The third kappa shape index (κ3) is 3.14. The van der Waals surface area contributed by atoms with E-state index >= 15 is 0 Å². The van der Waals surface area contributed by atoms with Crippen LogP contribution in [0.3, 0.4) is 0 Å². The van der Waals surface area contributed by atoms with Gasteiger partial charge in [0, 0.05) is 38.6 Å². The smallest absolute Gasteiger partial charge is 0.263 e. The van der Waals surface area contributed by atoms with E-state index in [1.54, 1.807) is 0 Å². The maximum Gasteiger partial charge on any atom is 0.263 e. The van der Waals surface area contributed by atoms with E-state index in [1.807, 2.05) is 0 Å². The molecule has 0 atom stereocenters. The zero-order valence-electron chi connectivity index (χ0n) is 11.9. The molecule has 1 aromatic heterocycles. The number of carbonyl (C=O) groups excluding carboxylic acids is 2. The first-order valence-corrected chi connectivity index (χ1v) is 7.89. The molecule has 2 aliphatic rings. The highest BCUT2D eigenvalue weighted by Gasteiger charge is 2.39. The number of nitrogens with zero attached hydrogens (tertiary/aromatic N) is 3. The average molecular weight is 317 g/mol. The summed E-state index contributed by atoms with van der Waals surface area (Å²) < 4.78 is 0. The number of aromatic nitrogens is 1. The van der Waals surface area contributed by atoms with Gasteiger partial charge in [0.1, 0.15) is 4.88 Å². The van der Waals surface area contributed by atoms with E-state index in [0.717, 1.165) is 5.69 Å². The maximum atomic E-state index is 12.0. The Balaban J connectivity index is 1.52. The van der Waals surface area contributed by atoms with E-state index < -0.39 is 5.66 Å². The van der Waals surface area contributed by atoms with Gasteiger partial charge in [-0.1, -0.05) is 11.3 Å². The Morgan fingerprint density at radius 2 is 2.27 bits per heavy atom. The number of amides is 2. The molecule has 3 heterocycles. The van der Waals surface area contributed by atoms with E-state index in [4.69, 9.17) is 6.42 Å². The van der Waals surface area contributed by atoms with Crippen molar-refractivity contribution in [2.45, 2.75) is 37.8 Å². The van der Waals surface area contributed by atoms with Gasteiger partial charge < -0.3 is 10.6 Å². The molecule has 0 fully saturated rings. The summed E-state index contributed by atoms with van der Waals surface area (Å²) in [7, 11) is 0. The summed E-state index contributed by atoms with van der Waals surface area (Å²) in [5.41, 5.74) is 0.299. The minimum absolute atomic E-state index is 0.122. The molecule has 0 spiro atoms. The number of nitrogens with one attached hydrogen (secondary N) is 2. The normalized spacial score (nSPS) is 17.3. The number of thiazole rings is 1. The van der Waals surface area contributed by atoms with E-state index in [2.05, 4.69) is 31.8 Å². The Bertz CT molecular complexity index is 682. The molecule has 2 N–H and O–H groups in total. The molecule has 0 bridgehead atoms. The van der Waals surface area contributed by atoms with E-state index in [1.165, 1.54) is 11.3 Å². The van der Waals surface area contributed by atoms with Crippen LogP contribution in [-0.4, -0.2) is 29.0 Å². The Morgan fingerprint density at radius 3 is 2.95 bits per heavy atom. The first-order chi connectivity index (χ1) is 10.6. The van der Waals surface area contributed by atoms with Gasteiger partial charge >= 0.3 is 0 Å². The third-order valence-corrected chi connectivity index (χ3v) is 4.61. The minimum Gasteiger partial charge on any atom is -0.351 e. The maximum absolute atomic E-state index is 12.0. The predicted octanol–water partition coefficient (Wildman–Crippen LogP) is 1.72. The average Bonchev–Trinajstić information content (AvgIpc) is 3.15. The van der Waals surface area contributed by atoms with Crippen molar-refractivity contribution in [2.75, 3.05) is 11.9 Å². The van der Waals surface area contributed by atoms with Gasteiger partial charge in [-0.2, -0.15) is 10.2 Å². The second kappa shape index (κ2) is 5.85. The van der Waals surface area contributed by atoms with Crippen LogP contribution in [0, 0.1) is 12.3 Å². The van der Waals surface area contributed by atoms with Crippen LogP contribution < -0.4 is 10.6 Å². The molecule has 1 aromatic rings. The summed E-state index contributed by atoms with van der Waals surface area (Å²) in [5.74, 6) is 2.29. The van der Waals surface area contributed by atoms with Gasteiger partial charge in [-0.3, -0.25) is 9.59 Å². The lowest BCUT2D eigenvalue weighted by Gasteiger charge is -2.09. The topological polar surface area (TPSA) is 95.8 Å². The number of fused-ring (bicyclic) bond motifs is 1. The van der Waals surface area contributed by atoms with Crippen molar-refractivity contribution in [2.24, 2.45) is 10.2 Å². The summed E-state index contributed by atoms with van der Waals surface area (Å²) in [5, 5.41) is 14.0. The Morgan fingerprint density at radius 1 is 1.45 bits per heavy atom. The molecule has 114 valence electrons. The van der Waals surface area contributed by atoms with Crippen LogP contribution in [0.15, 0.2) is 10.2 Å². The largest absolute Gasteiger partial charge is 0.351 e. The Labute approximate surface area is 131 Å². The molecule has 3 rings (SSSR count). The first kappa shape index (κ1) is 14.7. The van der Waals surface area contributed by atoms with Crippen molar-refractivity contribution < 1.29 is 9.59 Å². The highest BCUT2D eigenvalue weighted by molar-refractivity contribution is 7.17. The first-order valence-electron chi connectivity index (χ1n) is 7.07. The van der Waals surface area contributed by atoms with E-state index in [0.29, 0.717) is 48.7 Å². The molecule has 8 heteroatoms. The fraction of sp³-hybridized carbons (Fsp3) is 0.500. The molecule has 0 aliphatic carbocycles. The molecule has 0 saturated heterocycles. The van der Waals surface area contributed by atoms with E-state index in [-0.39, 0.29) is 11.8 Å². The van der Waals surface area contributed by atoms with Crippen LogP contribution in [0.4, 0.5) is 5.13 Å². The standard InChI is InChI=1S/C14H15N5O2S/c1-2-3-6-14(18-19-14)7-4-10(20)17-13-16-9-5-8-15-12(21)11(9)22-13/h1H,3-8H2,(H,15,21)(H,16,17,20). The van der Waals surface area contributed by atoms with Gasteiger partial charge in [0.25, 0.3) is 5.91 Å². The Kier molecular flexibility index (Phi) is 3.90. The SMILES string of the molecule is C#CCCC1(CCC(=O)Nc2nc3c(s2)C(=O)NCC3)N=N1. The highest BCUT2D eigenvalue weighted by Crippen LogP contribution is 2.37.